The van der Waals surface area contributed by atoms with Crippen LogP contribution in [0, 0.1) is 12.7 Å². The Balaban J connectivity index is 1.39. The fourth-order valence-corrected chi connectivity index (χ4v) is 6.03. The van der Waals surface area contributed by atoms with Gasteiger partial charge in [0, 0.05) is 43.0 Å². The van der Waals surface area contributed by atoms with Gasteiger partial charge in [-0.05, 0) is 55.0 Å². The van der Waals surface area contributed by atoms with Gasteiger partial charge < -0.3 is 53.9 Å². The molecule has 2 heterocycles. The van der Waals surface area contributed by atoms with Crippen molar-refractivity contribution in [1.82, 2.24) is 25.8 Å². The van der Waals surface area contributed by atoms with Crippen molar-refractivity contribution in [1.29, 1.82) is 0 Å². The Morgan fingerprint density at radius 3 is 2.45 bits per heavy atom. The van der Waals surface area contributed by atoms with Gasteiger partial charge >= 0.3 is 0 Å². The van der Waals surface area contributed by atoms with Gasteiger partial charge in [0.15, 0.2) is 5.96 Å². The van der Waals surface area contributed by atoms with Crippen LogP contribution in [0.3, 0.4) is 0 Å². The van der Waals surface area contributed by atoms with Crippen LogP contribution in [-0.2, 0) is 36.8 Å². The number of nitrogens with one attached hydrogen (secondary N) is 4. The van der Waals surface area contributed by atoms with E-state index in [0.717, 1.165) is 26.9 Å². The second kappa shape index (κ2) is 17.4. The average molecular weight is 709 g/mol. The maximum atomic E-state index is 13.5. The smallest absolute Gasteiger partial charge is 0.243 e. The van der Waals surface area contributed by atoms with E-state index in [0.29, 0.717) is 5.56 Å². The van der Waals surface area contributed by atoms with E-state index in [-0.39, 0.29) is 51.2 Å². The monoisotopic (exact) mass is 708 g/mol. The summed E-state index contributed by atoms with van der Waals surface area (Å²) in [6.45, 7) is 1.38. The van der Waals surface area contributed by atoms with Crippen LogP contribution in [0.5, 0.6) is 0 Å². The Morgan fingerprint density at radius 1 is 1.04 bits per heavy atom. The normalized spacial score (nSPS) is 17.3. The largest absolute Gasteiger partial charge is 0.391 e. The molecule has 13 N–H and O–H groups in total. The number of carbonyl (C=O) groups excluding carboxylic acids is 5. The van der Waals surface area contributed by atoms with Gasteiger partial charge in [0.2, 0.25) is 29.5 Å². The second-order valence-corrected chi connectivity index (χ2v) is 12.6. The van der Waals surface area contributed by atoms with Crippen LogP contribution in [0.25, 0.3) is 10.9 Å². The maximum absolute atomic E-state index is 13.5. The number of benzene rings is 2. The van der Waals surface area contributed by atoms with E-state index in [4.69, 9.17) is 22.9 Å². The van der Waals surface area contributed by atoms with Crippen LogP contribution in [-0.4, -0.2) is 100 Å². The Hall–Kier alpha value is -5.55. The minimum absolute atomic E-state index is 0.0488. The van der Waals surface area contributed by atoms with E-state index >= 15 is 0 Å². The molecule has 1 saturated heterocycles. The number of aliphatic hydroxyl groups excluding tert-OH is 1. The number of para-hydroxylation sites is 1. The third-order valence-electron chi connectivity index (χ3n) is 8.66. The molecule has 0 saturated carbocycles. The summed E-state index contributed by atoms with van der Waals surface area (Å²) in [5.74, 6) is -4.11. The number of likely N-dealkylation sites (tertiary alicyclic amines) is 1. The summed E-state index contributed by atoms with van der Waals surface area (Å²) in [6.07, 6.45) is 1.10. The number of guanidine groups is 1. The molecule has 1 aliphatic rings. The van der Waals surface area contributed by atoms with Crippen molar-refractivity contribution in [2.45, 2.75) is 69.3 Å². The van der Waals surface area contributed by atoms with Gasteiger partial charge in [-0.3, -0.25) is 29.0 Å². The summed E-state index contributed by atoms with van der Waals surface area (Å²) >= 11 is 0. The quantitative estimate of drug-likeness (QED) is 0.0466. The molecular formula is C34H45FN10O6. The molecule has 1 aromatic heterocycles. The Morgan fingerprint density at radius 2 is 1.76 bits per heavy atom. The van der Waals surface area contributed by atoms with E-state index in [1.54, 1.807) is 6.20 Å². The fourth-order valence-electron chi connectivity index (χ4n) is 6.03. The van der Waals surface area contributed by atoms with Gasteiger partial charge in [-0.2, -0.15) is 0 Å². The number of aromatic amines is 1. The van der Waals surface area contributed by atoms with E-state index in [1.165, 1.54) is 24.3 Å². The highest BCUT2D eigenvalue weighted by molar-refractivity contribution is 5.95. The molecule has 0 aliphatic carbocycles. The molecule has 2 aromatic carbocycles. The van der Waals surface area contributed by atoms with Gasteiger partial charge in [-0.1, -0.05) is 30.3 Å². The van der Waals surface area contributed by atoms with Gasteiger partial charge in [0.25, 0.3) is 0 Å². The summed E-state index contributed by atoms with van der Waals surface area (Å²) in [4.78, 5) is 73.5. The lowest BCUT2D eigenvalue weighted by Crippen LogP contribution is -2.56. The summed E-state index contributed by atoms with van der Waals surface area (Å²) in [5, 5.41) is 18.9. The van der Waals surface area contributed by atoms with E-state index in [2.05, 4.69) is 25.9 Å². The summed E-state index contributed by atoms with van der Waals surface area (Å²) < 4.78 is 13.3. The van der Waals surface area contributed by atoms with Crippen molar-refractivity contribution in [2.24, 2.45) is 27.9 Å². The van der Waals surface area contributed by atoms with Crippen molar-refractivity contribution in [3.8, 4) is 0 Å². The first-order chi connectivity index (χ1) is 24.2. The van der Waals surface area contributed by atoms with Crippen LogP contribution in [0.2, 0.25) is 0 Å². The lowest BCUT2D eigenvalue weighted by Gasteiger charge is -2.28. The number of H-pyrrole nitrogens is 1. The van der Waals surface area contributed by atoms with Gasteiger partial charge in [-0.15, -0.1) is 0 Å². The van der Waals surface area contributed by atoms with Gasteiger partial charge in [-0.25, -0.2) is 4.39 Å². The summed E-state index contributed by atoms with van der Waals surface area (Å²) in [6, 6.07) is 6.69. The minimum atomic E-state index is -1.19. The highest BCUT2D eigenvalue weighted by atomic mass is 19.1. The number of nitrogens with zero attached hydrogens (tertiary/aromatic N) is 2. The molecule has 0 radical (unpaired) electrons. The minimum Gasteiger partial charge on any atom is -0.391 e. The number of nitrogens with two attached hydrogens (primary N) is 4. The van der Waals surface area contributed by atoms with Crippen LogP contribution >= 0.6 is 0 Å². The number of fused-ring (bicyclic) bond motifs is 1. The molecule has 5 atom stereocenters. The number of halogens is 1. The average Bonchev–Trinajstić information content (AvgIpc) is 3.69. The first-order valence-corrected chi connectivity index (χ1v) is 16.5. The molecule has 16 nitrogen and oxygen atoms in total. The highest BCUT2D eigenvalue weighted by Gasteiger charge is 2.41. The number of primary amides is 1. The Bertz CT molecular complexity index is 1760. The van der Waals surface area contributed by atoms with E-state index in [9.17, 15) is 33.5 Å². The number of aryl methyl sites for hydroxylation is 1. The molecule has 274 valence electrons. The standard InChI is InChI=1S/C34H45FN10O6/c1-18-4-2-5-23-20(15-41-29(18)23)13-26(30(37)48)43-28(47)16-42-31(49)25(6-3-11-40-34(38)39)44-32(50)27-14-22(46)17-45(27)33(51)24(36)12-19-7-9-21(35)10-8-19/h2,4-5,7-10,15,22,24-27,41,46H,3,6,11-14,16-17,36H2,1H3,(H2,37,48)(H,42,49)(H,43,47)(H,44,50)(H4,38,39,40)/t22?,24-,25-,26-,27-/m0/s1. The lowest BCUT2D eigenvalue weighted by atomic mass is 10.0. The van der Waals surface area contributed by atoms with Crippen LogP contribution in [0.4, 0.5) is 4.39 Å². The van der Waals surface area contributed by atoms with Crippen LogP contribution in [0.15, 0.2) is 53.7 Å². The number of aromatic nitrogens is 1. The number of carbonyl (C=O) groups is 5. The zero-order valence-corrected chi connectivity index (χ0v) is 28.2. The van der Waals surface area contributed by atoms with Gasteiger partial charge in [0.1, 0.15) is 23.9 Å². The molecular weight excluding hydrogens is 663 g/mol. The number of hydrogen-bond donors (Lipinski definition) is 9. The molecule has 4 rings (SSSR count). The zero-order valence-electron chi connectivity index (χ0n) is 28.2. The SMILES string of the molecule is Cc1cccc2c(C[C@H](NC(=O)CNC(=O)[C@H](CCCN=C(N)N)NC(=O)[C@@H]3CC(O)CN3C(=O)[C@@H](N)Cc3ccc(F)cc3)C(N)=O)c[nH]c12. The first kappa shape index (κ1) is 38.3. The number of rotatable bonds is 16. The number of aliphatic hydroxyl groups is 1. The summed E-state index contributed by atoms with van der Waals surface area (Å²) in [5.41, 5.74) is 25.8. The Labute approximate surface area is 293 Å². The molecule has 1 aliphatic heterocycles. The molecule has 1 fully saturated rings. The topological polar surface area (TPSA) is 277 Å². The third kappa shape index (κ3) is 10.5. The molecule has 0 bridgehead atoms. The maximum Gasteiger partial charge on any atom is 0.243 e. The van der Waals surface area contributed by atoms with Crippen molar-refractivity contribution in [3.63, 3.8) is 0 Å². The zero-order chi connectivity index (χ0) is 37.2. The van der Waals surface area contributed by atoms with Crippen LogP contribution in [0.1, 0.15) is 36.0 Å². The van der Waals surface area contributed by atoms with E-state index in [1.807, 2.05) is 25.1 Å². The Kier molecular flexibility index (Phi) is 13.1. The highest BCUT2D eigenvalue weighted by Crippen LogP contribution is 2.23. The molecule has 51 heavy (non-hydrogen) atoms. The molecule has 17 heteroatoms. The van der Waals surface area contributed by atoms with Crippen molar-refractivity contribution in [2.75, 3.05) is 19.6 Å². The predicted molar refractivity (Wildman–Crippen MR) is 187 cm³/mol. The summed E-state index contributed by atoms with van der Waals surface area (Å²) in [7, 11) is 0. The van der Waals surface area contributed by atoms with Crippen molar-refractivity contribution < 1.29 is 33.5 Å². The first-order valence-electron chi connectivity index (χ1n) is 16.5. The number of amides is 5. The lowest BCUT2D eigenvalue weighted by molar-refractivity contribution is -0.140. The van der Waals surface area contributed by atoms with E-state index < -0.39 is 72.2 Å². The van der Waals surface area contributed by atoms with Crippen LogP contribution < -0.4 is 38.9 Å². The van der Waals surface area contributed by atoms with Crippen molar-refractivity contribution >= 4 is 46.4 Å². The fraction of sp³-hybridized carbons (Fsp3) is 0.412. The number of aliphatic imine (C=N–C) groups is 1. The van der Waals surface area contributed by atoms with Gasteiger partial charge in [0.05, 0.1) is 18.7 Å². The number of β-amino-alcohol motifs (C(OH)–C–C–N with tert-alkyl or cyclic N) is 1. The molecule has 0 spiro atoms. The molecule has 5 amide bonds. The predicted octanol–water partition coefficient (Wildman–Crippen LogP) is -1.69. The third-order valence-corrected chi connectivity index (χ3v) is 8.66. The molecule has 1 unspecified atom stereocenters. The number of hydrogen-bond acceptors (Lipinski definition) is 8. The second-order valence-electron chi connectivity index (χ2n) is 12.6. The molecule has 3 aromatic rings. The van der Waals surface area contributed by atoms with Crippen molar-refractivity contribution in [3.05, 3.63) is 71.2 Å².